The highest BCUT2D eigenvalue weighted by atomic mass is 32.2. The number of unbranched alkanes of at least 4 members (excludes halogenated alkanes) is 1. The Morgan fingerprint density at radius 3 is 2.16 bits per heavy atom. The van der Waals surface area contributed by atoms with Gasteiger partial charge in [0.05, 0.1) is 0 Å². The van der Waals surface area contributed by atoms with Crippen LogP contribution in [0.15, 0.2) is 24.3 Å². The maximum absolute atomic E-state index is 14.1. The molecule has 8 heteroatoms. The van der Waals surface area contributed by atoms with Crippen LogP contribution in [-0.2, 0) is 20.7 Å². The lowest BCUT2D eigenvalue weighted by Crippen LogP contribution is -2.54. The van der Waals surface area contributed by atoms with Crippen LogP contribution in [0.4, 0.5) is 4.79 Å². The number of rotatable bonds is 15. The zero-order valence-corrected chi connectivity index (χ0v) is 25.0. The van der Waals surface area contributed by atoms with Crippen molar-refractivity contribution in [3.63, 3.8) is 0 Å². The molecule has 0 aliphatic carbocycles. The third-order valence-electron chi connectivity index (χ3n) is 6.01. The molecule has 210 valence electrons. The lowest BCUT2D eigenvalue weighted by atomic mass is 9.99. The average Bonchev–Trinajstić information content (AvgIpc) is 2.83. The summed E-state index contributed by atoms with van der Waals surface area (Å²) in [6.07, 6.45) is 6.08. The number of ether oxygens (including phenoxy) is 1. The van der Waals surface area contributed by atoms with Gasteiger partial charge < -0.3 is 20.3 Å². The number of thioether (sulfide) groups is 1. The number of amides is 3. The summed E-state index contributed by atoms with van der Waals surface area (Å²) in [7, 11) is 0. The highest BCUT2D eigenvalue weighted by Crippen LogP contribution is 2.25. The zero-order chi connectivity index (χ0) is 28.0. The Kier molecular flexibility index (Phi) is 14.7. The van der Waals surface area contributed by atoms with E-state index in [1.165, 1.54) is 0 Å². The molecule has 1 rings (SSSR count). The lowest BCUT2D eigenvalue weighted by molar-refractivity contribution is -0.142. The van der Waals surface area contributed by atoms with Crippen molar-refractivity contribution in [1.29, 1.82) is 0 Å². The Morgan fingerprint density at radius 1 is 1.00 bits per heavy atom. The summed E-state index contributed by atoms with van der Waals surface area (Å²) in [6, 6.07) is 6.31. The Bertz CT molecular complexity index is 839. The summed E-state index contributed by atoms with van der Waals surface area (Å²) in [5.74, 6) is 0.218. The van der Waals surface area contributed by atoms with Crippen LogP contribution in [0.1, 0.15) is 97.7 Å². The first-order valence-electron chi connectivity index (χ1n) is 13.6. The van der Waals surface area contributed by atoms with Crippen LogP contribution >= 0.6 is 11.8 Å². The van der Waals surface area contributed by atoms with E-state index in [4.69, 9.17) is 4.74 Å². The summed E-state index contributed by atoms with van der Waals surface area (Å²) < 4.78 is 5.45. The molecule has 0 saturated heterocycles. The summed E-state index contributed by atoms with van der Waals surface area (Å²) in [5.41, 5.74) is 1.25. The third-order valence-corrected chi connectivity index (χ3v) is 6.65. The number of alkyl carbamates (subject to hydrolysis) is 1. The van der Waals surface area contributed by atoms with Gasteiger partial charge in [-0.25, -0.2) is 4.79 Å². The van der Waals surface area contributed by atoms with Crippen LogP contribution in [-0.4, -0.2) is 59.0 Å². The van der Waals surface area contributed by atoms with Gasteiger partial charge in [-0.15, -0.1) is 0 Å². The maximum atomic E-state index is 14.1. The number of hydrogen-bond acceptors (Lipinski definition) is 5. The molecule has 0 saturated carbocycles. The molecule has 3 amide bonds. The quantitative estimate of drug-likeness (QED) is 0.293. The first kappa shape index (κ1) is 32.8. The molecular formula is C29H49N3O4S. The summed E-state index contributed by atoms with van der Waals surface area (Å²) >= 11 is 1.60. The number of nitrogens with zero attached hydrogens (tertiary/aromatic N) is 1. The van der Waals surface area contributed by atoms with Crippen LogP contribution in [0.5, 0.6) is 0 Å². The molecule has 0 bridgehead atoms. The van der Waals surface area contributed by atoms with Gasteiger partial charge in [-0.3, -0.25) is 9.59 Å². The molecule has 3 unspecified atom stereocenters. The molecule has 0 aromatic heterocycles. The largest absolute Gasteiger partial charge is 0.444 e. The smallest absolute Gasteiger partial charge is 0.408 e. The molecule has 0 radical (unpaired) electrons. The van der Waals surface area contributed by atoms with Crippen molar-refractivity contribution in [3.8, 4) is 0 Å². The first-order valence-corrected chi connectivity index (χ1v) is 15.0. The van der Waals surface area contributed by atoms with Crippen molar-refractivity contribution < 1.29 is 19.1 Å². The number of aryl methyl sites for hydroxylation is 1. The highest BCUT2D eigenvalue weighted by molar-refractivity contribution is 7.98. The van der Waals surface area contributed by atoms with E-state index in [1.54, 1.807) is 37.4 Å². The standard InChI is InChI=1S/C29H49N3O4S/c1-9-12-19-32(27(34)24(18-20-37-8)31-28(35)36-29(5,6)7)25(26(33)30-21(4)13-10-2)23-16-14-22(11-3)15-17-23/h14-17,21,24-25H,9-13,18-20H2,1-8H3,(H,30,33)(H,31,35). The highest BCUT2D eigenvalue weighted by Gasteiger charge is 2.36. The molecule has 0 aliphatic rings. The molecule has 0 heterocycles. The van der Waals surface area contributed by atoms with Crippen molar-refractivity contribution in [3.05, 3.63) is 35.4 Å². The number of hydrogen-bond donors (Lipinski definition) is 2. The summed E-state index contributed by atoms with van der Waals surface area (Å²) in [6.45, 7) is 14.0. The second kappa shape index (κ2) is 16.6. The normalized spacial score (nSPS) is 13.8. The van der Waals surface area contributed by atoms with Gasteiger partial charge in [-0.2, -0.15) is 11.8 Å². The second-order valence-electron chi connectivity index (χ2n) is 10.6. The minimum absolute atomic E-state index is 0.00906. The average molecular weight is 536 g/mol. The summed E-state index contributed by atoms with van der Waals surface area (Å²) in [5, 5.41) is 5.92. The van der Waals surface area contributed by atoms with E-state index in [0.29, 0.717) is 18.7 Å². The molecule has 37 heavy (non-hydrogen) atoms. The van der Waals surface area contributed by atoms with E-state index < -0.39 is 23.8 Å². The molecule has 7 nitrogen and oxygen atoms in total. The van der Waals surface area contributed by atoms with Crippen LogP contribution in [0.2, 0.25) is 0 Å². The summed E-state index contributed by atoms with van der Waals surface area (Å²) in [4.78, 5) is 42.1. The van der Waals surface area contributed by atoms with Gasteiger partial charge in [0, 0.05) is 12.6 Å². The van der Waals surface area contributed by atoms with Gasteiger partial charge in [0.25, 0.3) is 0 Å². The minimum atomic E-state index is -0.794. The van der Waals surface area contributed by atoms with Crippen molar-refractivity contribution in [2.75, 3.05) is 18.6 Å². The topological polar surface area (TPSA) is 87.7 Å². The fraction of sp³-hybridized carbons (Fsp3) is 0.690. The number of carbonyl (C=O) groups excluding carboxylic acids is 3. The Labute approximate surface area is 228 Å². The predicted octanol–water partition coefficient (Wildman–Crippen LogP) is 5.87. The number of carbonyl (C=O) groups is 3. The van der Waals surface area contributed by atoms with Gasteiger partial charge >= 0.3 is 6.09 Å². The van der Waals surface area contributed by atoms with Crippen LogP contribution in [0.25, 0.3) is 0 Å². The van der Waals surface area contributed by atoms with Crippen LogP contribution in [0.3, 0.4) is 0 Å². The van der Waals surface area contributed by atoms with Gasteiger partial charge in [-0.05, 0) is 76.5 Å². The molecule has 0 spiro atoms. The zero-order valence-electron chi connectivity index (χ0n) is 24.2. The van der Waals surface area contributed by atoms with E-state index in [-0.39, 0.29) is 17.9 Å². The van der Waals surface area contributed by atoms with Crippen LogP contribution in [0, 0.1) is 0 Å². The SMILES string of the molecule is CCCCN(C(=O)C(CCSC)NC(=O)OC(C)(C)C)C(C(=O)NC(C)CCC)c1ccc(CC)cc1. The predicted molar refractivity (Wildman–Crippen MR) is 154 cm³/mol. The molecule has 0 aliphatic heterocycles. The van der Waals surface area contributed by atoms with Gasteiger partial charge in [0.15, 0.2) is 0 Å². The fourth-order valence-corrected chi connectivity index (χ4v) is 4.54. The molecule has 3 atom stereocenters. The van der Waals surface area contributed by atoms with Crippen molar-refractivity contribution in [1.82, 2.24) is 15.5 Å². The minimum Gasteiger partial charge on any atom is -0.444 e. The molecule has 1 aromatic carbocycles. The third kappa shape index (κ3) is 11.8. The number of nitrogens with one attached hydrogen (secondary N) is 2. The van der Waals surface area contributed by atoms with Crippen molar-refractivity contribution >= 4 is 29.7 Å². The van der Waals surface area contributed by atoms with Crippen LogP contribution < -0.4 is 10.6 Å². The molecule has 2 N–H and O–H groups in total. The van der Waals surface area contributed by atoms with Gasteiger partial charge in [0.2, 0.25) is 11.8 Å². The lowest BCUT2D eigenvalue weighted by Gasteiger charge is -2.35. The first-order chi connectivity index (χ1) is 17.5. The molecule has 1 aromatic rings. The van der Waals surface area contributed by atoms with E-state index in [1.807, 2.05) is 37.4 Å². The van der Waals surface area contributed by atoms with E-state index in [2.05, 4.69) is 31.4 Å². The van der Waals surface area contributed by atoms with Gasteiger partial charge in [0.1, 0.15) is 17.7 Å². The van der Waals surface area contributed by atoms with Crippen molar-refractivity contribution in [2.24, 2.45) is 0 Å². The van der Waals surface area contributed by atoms with Crippen molar-refractivity contribution in [2.45, 2.75) is 111 Å². The fourth-order valence-electron chi connectivity index (χ4n) is 4.07. The van der Waals surface area contributed by atoms with Gasteiger partial charge in [-0.1, -0.05) is 57.9 Å². The van der Waals surface area contributed by atoms with E-state index >= 15 is 0 Å². The monoisotopic (exact) mass is 535 g/mol. The Balaban J connectivity index is 3.45. The maximum Gasteiger partial charge on any atom is 0.408 e. The molecular weight excluding hydrogens is 486 g/mol. The Hall–Kier alpha value is -2.22. The van der Waals surface area contributed by atoms with E-state index in [9.17, 15) is 14.4 Å². The Morgan fingerprint density at radius 2 is 1.65 bits per heavy atom. The molecule has 0 fully saturated rings. The van der Waals surface area contributed by atoms with E-state index in [0.717, 1.165) is 43.2 Å². The second-order valence-corrected chi connectivity index (χ2v) is 11.5. The number of benzene rings is 1.